The molecular weight excluding hydrogens is 160 g/mol. The number of amides is 1. The van der Waals surface area contributed by atoms with Crippen LogP contribution >= 0.6 is 0 Å². The quantitative estimate of drug-likeness (QED) is 0.466. The smallest absolute Gasteiger partial charge is 0.246 e. The second kappa shape index (κ2) is 2.49. The standard InChI is InChI=1S/C6H8N4O2/c7-3-2-12-4-1-8-10-5(4)9-6(3)11/h1,3H,2,7H2,(H2,8,9,10,11). The van der Waals surface area contributed by atoms with Crippen molar-refractivity contribution in [2.45, 2.75) is 6.04 Å². The molecule has 0 aromatic carbocycles. The van der Waals surface area contributed by atoms with Crippen molar-refractivity contribution in [3.8, 4) is 5.75 Å². The Morgan fingerprint density at radius 2 is 2.58 bits per heavy atom. The van der Waals surface area contributed by atoms with E-state index in [4.69, 9.17) is 10.5 Å². The van der Waals surface area contributed by atoms with Crippen molar-refractivity contribution in [1.82, 2.24) is 10.2 Å². The third-order valence-electron chi connectivity index (χ3n) is 1.61. The molecule has 0 saturated carbocycles. The molecule has 1 atom stereocenters. The van der Waals surface area contributed by atoms with Crippen molar-refractivity contribution in [3.63, 3.8) is 0 Å². The Morgan fingerprint density at radius 1 is 1.75 bits per heavy atom. The normalized spacial score (nSPS) is 22.1. The Labute approximate surface area is 68.1 Å². The minimum absolute atomic E-state index is 0.179. The lowest BCUT2D eigenvalue weighted by atomic mass is 10.3. The van der Waals surface area contributed by atoms with Crippen LogP contribution in [0.1, 0.15) is 0 Å². The Bertz CT molecular complexity index is 308. The number of nitrogens with two attached hydrogens (primary N) is 1. The van der Waals surface area contributed by atoms with Gasteiger partial charge in [0.05, 0.1) is 6.20 Å². The van der Waals surface area contributed by atoms with Gasteiger partial charge in [-0.25, -0.2) is 0 Å². The van der Waals surface area contributed by atoms with Gasteiger partial charge in [0.25, 0.3) is 0 Å². The van der Waals surface area contributed by atoms with Gasteiger partial charge in [0.15, 0.2) is 11.6 Å². The number of nitrogens with zero attached hydrogens (tertiary/aromatic N) is 1. The summed E-state index contributed by atoms with van der Waals surface area (Å²) in [4.78, 5) is 11.1. The Morgan fingerprint density at radius 3 is 3.42 bits per heavy atom. The van der Waals surface area contributed by atoms with E-state index >= 15 is 0 Å². The second-order valence-electron chi connectivity index (χ2n) is 2.52. The molecule has 4 N–H and O–H groups in total. The summed E-state index contributed by atoms with van der Waals surface area (Å²) in [5, 5.41) is 8.83. The number of hydrogen-bond acceptors (Lipinski definition) is 4. The fraction of sp³-hybridized carbons (Fsp3) is 0.333. The number of carbonyl (C=O) groups is 1. The topological polar surface area (TPSA) is 93.0 Å². The third-order valence-corrected chi connectivity index (χ3v) is 1.61. The van der Waals surface area contributed by atoms with Gasteiger partial charge in [0.2, 0.25) is 5.91 Å². The molecule has 1 aliphatic heterocycles. The number of fused-ring (bicyclic) bond motifs is 1. The number of ether oxygens (including phenoxy) is 1. The van der Waals surface area contributed by atoms with E-state index in [1.807, 2.05) is 0 Å². The molecule has 0 radical (unpaired) electrons. The molecule has 2 heterocycles. The van der Waals surface area contributed by atoms with E-state index in [2.05, 4.69) is 15.5 Å². The number of anilines is 1. The van der Waals surface area contributed by atoms with Crippen molar-refractivity contribution in [1.29, 1.82) is 0 Å². The minimum atomic E-state index is -0.620. The van der Waals surface area contributed by atoms with Gasteiger partial charge in [-0.15, -0.1) is 0 Å². The van der Waals surface area contributed by atoms with Gasteiger partial charge in [0, 0.05) is 0 Å². The summed E-state index contributed by atoms with van der Waals surface area (Å²) in [5.74, 6) is 0.724. The van der Waals surface area contributed by atoms with Crippen LogP contribution in [-0.2, 0) is 4.79 Å². The molecule has 1 aromatic heterocycles. The number of aromatic amines is 1. The highest BCUT2D eigenvalue weighted by Crippen LogP contribution is 2.22. The summed E-state index contributed by atoms with van der Waals surface area (Å²) >= 11 is 0. The molecule has 0 spiro atoms. The van der Waals surface area contributed by atoms with Crippen molar-refractivity contribution in [3.05, 3.63) is 6.20 Å². The summed E-state index contributed by atoms with van der Waals surface area (Å²) in [7, 11) is 0. The molecule has 1 amide bonds. The van der Waals surface area contributed by atoms with Gasteiger partial charge in [-0.2, -0.15) is 5.10 Å². The van der Waals surface area contributed by atoms with Crippen LogP contribution < -0.4 is 15.8 Å². The van der Waals surface area contributed by atoms with E-state index in [9.17, 15) is 4.79 Å². The van der Waals surface area contributed by atoms with Crippen molar-refractivity contribution in [2.75, 3.05) is 11.9 Å². The van der Waals surface area contributed by atoms with E-state index in [0.29, 0.717) is 11.6 Å². The molecule has 6 nitrogen and oxygen atoms in total. The van der Waals surface area contributed by atoms with E-state index < -0.39 is 6.04 Å². The molecule has 0 bridgehead atoms. The summed E-state index contributed by atoms with van der Waals surface area (Å²) in [6.45, 7) is 0.179. The van der Waals surface area contributed by atoms with Gasteiger partial charge in [-0.05, 0) is 0 Å². The summed E-state index contributed by atoms with van der Waals surface area (Å²) < 4.78 is 5.17. The number of rotatable bonds is 0. The van der Waals surface area contributed by atoms with Gasteiger partial charge in [0.1, 0.15) is 12.6 Å². The molecule has 1 unspecified atom stereocenters. The van der Waals surface area contributed by atoms with E-state index in [0.717, 1.165) is 0 Å². The summed E-state index contributed by atoms with van der Waals surface area (Å²) in [6.07, 6.45) is 1.49. The number of H-pyrrole nitrogens is 1. The molecule has 1 aliphatic rings. The first-order chi connectivity index (χ1) is 5.77. The highest BCUT2D eigenvalue weighted by Gasteiger charge is 2.21. The maximum atomic E-state index is 11.1. The lowest BCUT2D eigenvalue weighted by Crippen LogP contribution is -2.38. The minimum Gasteiger partial charge on any atom is -0.486 e. The van der Waals surface area contributed by atoms with Crippen LogP contribution in [0.15, 0.2) is 6.20 Å². The van der Waals surface area contributed by atoms with Crippen molar-refractivity contribution < 1.29 is 9.53 Å². The first kappa shape index (κ1) is 7.11. The Balaban J connectivity index is 2.30. The molecule has 0 saturated heterocycles. The second-order valence-corrected chi connectivity index (χ2v) is 2.52. The molecule has 12 heavy (non-hydrogen) atoms. The van der Waals surface area contributed by atoms with Crippen LogP contribution in [0.4, 0.5) is 5.82 Å². The fourth-order valence-corrected chi connectivity index (χ4v) is 0.945. The van der Waals surface area contributed by atoms with Crippen LogP contribution in [0.2, 0.25) is 0 Å². The van der Waals surface area contributed by atoms with E-state index in [1.54, 1.807) is 0 Å². The van der Waals surface area contributed by atoms with Crippen molar-refractivity contribution in [2.24, 2.45) is 5.73 Å². The maximum absolute atomic E-state index is 11.1. The summed E-state index contributed by atoms with van der Waals surface area (Å²) in [6, 6.07) is -0.620. The highest BCUT2D eigenvalue weighted by molar-refractivity contribution is 5.95. The number of aromatic nitrogens is 2. The van der Waals surface area contributed by atoms with Gasteiger partial charge in [-0.1, -0.05) is 0 Å². The molecule has 0 fully saturated rings. The summed E-state index contributed by atoms with van der Waals surface area (Å²) in [5.41, 5.74) is 5.45. The molecule has 0 aliphatic carbocycles. The van der Waals surface area contributed by atoms with E-state index in [-0.39, 0.29) is 12.5 Å². The maximum Gasteiger partial charge on any atom is 0.246 e. The van der Waals surface area contributed by atoms with Crippen LogP contribution in [0.3, 0.4) is 0 Å². The van der Waals surface area contributed by atoms with Gasteiger partial charge >= 0.3 is 0 Å². The van der Waals surface area contributed by atoms with Crippen LogP contribution in [0.25, 0.3) is 0 Å². The van der Waals surface area contributed by atoms with Crippen LogP contribution in [0, 0.1) is 0 Å². The third kappa shape index (κ3) is 1.02. The monoisotopic (exact) mass is 168 g/mol. The predicted octanol–water partition coefficient (Wildman–Crippen LogP) is -0.932. The van der Waals surface area contributed by atoms with Gasteiger partial charge < -0.3 is 15.8 Å². The lowest BCUT2D eigenvalue weighted by Gasteiger charge is -2.04. The Kier molecular flexibility index (Phi) is 1.47. The van der Waals surface area contributed by atoms with Crippen molar-refractivity contribution >= 4 is 11.7 Å². The molecule has 64 valence electrons. The zero-order valence-electron chi connectivity index (χ0n) is 6.20. The average Bonchev–Trinajstić information content (AvgIpc) is 2.43. The first-order valence-electron chi connectivity index (χ1n) is 3.50. The fourth-order valence-electron chi connectivity index (χ4n) is 0.945. The molecular formula is C6H8N4O2. The van der Waals surface area contributed by atoms with Crippen LogP contribution in [-0.4, -0.2) is 28.8 Å². The molecule has 1 aromatic rings. The zero-order chi connectivity index (χ0) is 8.55. The molecule has 2 rings (SSSR count). The van der Waals surface area contributed by atoms with E-state index in [1.165, 1.54) is 6.20 Å². The number of hydrogen-bond donors (Lipinski definition) is 3. The van der Waals surface area contributed by atoms with Gasteiger partial charge in [-0.3, -0.25) is 9.89 Å². The van der Waals surface area contributed by atoms with Crippen LogP contribution in [0.5, 0.6) is 5.75 Å². The predicted molar refractivity (Wildman–Crippen MR) is 40.7 cm³/mol. The first-order valence-corrected chi connectivity index (χ1v) is 3.50. The molecule has 6 heteroatoms. The largest absolute Gasteiger partial charge is 0.486 e. The number of carbonyl (C=O) groups excluding carboxylic acids is 1. The lowest BCUT2D eigenvalue weighted by molar-refractivity contribution is -0.117. The Hall–Kier alpha value is -1.56. The highest BCUT2D eigenvalue weighted by atomic mass is 16.5. The zero-order valence-corrected chi connectivity index (χ0v) is 6.20. The SMILES string of the molecule is NC1COc2cn[nH]c2NC1=O. The average molecular weight is 168 g/mol. The number of nitrogens with one attached hydrogen (secondary N) is 2.